The molecule has 0 aromatic heterocycles. The van der Waals surface area contributed by atoms with Crippen molar-refractivity contribution in [3.63, 3.8) is 0 Å². The van der Waals surface area contributed by atoms with E-state index in [4.69, 9.17) is 16.9 Å². The van der Waals surface area contributed by atoms with E-state index in [2.05, 4.69) is 4.72 Å². The average Bonchev–Trinajstić information content (AvgIpc) is 2.44. The summed E-state index contributed by atoms with van der Waals surface area (Å²) in [4.78, 5) is -0.0357. The summed E-state index contributed by atoms with van der Waals surface area (Å²) in [5.74, 6) is -0.0512. The Morgan fingerprint density at radius 3 is 2.62 bits per heavy atom. The molecule has 5 nitrogen and oxygen atoms in total. The maximum atomic E-state index is 12.2. The molecule has 0 aliphatic heterocycles. The molecule has 0 amide bonds. The molecule has 0 radical (unpaired) electrons. The number of hydrogen-bond donors (Lipinski definition) is 2. The molecule has 1 aromatic carbocycles. The molecule has 116 valence electrons. The third-order valence-corrected chi connectivity index (χ3v) is 5.38. The Morgan fingerprint density at radius 2 is 2.14 bits per heavy atom. The number of nitrogens with zero attached hydrogens (tertiary/aromatic N) is 1. The van der Waals surface area contributed by atoms with Gasteiger partial charge in [0.2, 0.25) is 10.0 Å². The molecule has 0 saturated heterocycles. The molecule has 0 aliphatic carbocycles. The fourth-order valence-corrected chi connectivity index (χ4v) is 3.15. The lowest BCUT2D eigenvalue weighted by Gasteiger charge is -2.29. The van der Waals surface area contributed by atoms with Gasteiger partial charge in [-0.2, -0.15) is 5.26 Å². The summed E-state index contributed by atoms with van der Waals surface area (Å²) < 4.78 is 26.7. The molecule has 2 N–H and O–H groups in total. The molecule has 1 aromatic rings. The molecule has 2 atom stereocenters. The Balaban J connectivity index is 2.93. The lowest BCUT2D eigenvalue weighted by Crippen LogP contribution is -2.44. The second-order valence-corrected chi connectivity index (χ2v) is 7.42. The molecule has 0 spiro atoms. The van der Waals surface area contributed by atoms with Gasteiger partial charge in [0.25, 0.3) is 0 Å². The van der Waals surface area contributed by atoms with Crippen LogP contribution in [0.3, 0.4) is 0 Å². The van der Waals surface area contributed by atoms with Gasteiger partial charge < -0.3 is 5.11 Å². The van der Waals surface area contributed by atoms with E-state index in [9.17, 15) is 13.5 Å². The van der Waals surface area contributed by atoms with Crippen LogP contribution >= 0.6 is 11.6 Å². The highest BCUT2D eigenvalue weighted by Crippen LogP contribution is 2.22. The Labute approximate surface area is 130 Å². The van der Waals surface area contributed by atoms with Crippen molar-refractivity contribution < 1.29 is 13.5 Å². The molecule has 0 fully saturated rings. The van der Waals surface area contributed by atoms with Crippen molar-refractivity contribution in [2.24, 2.45) is 5.92 Å². The lowest BCUT2D eigenvalue weighted by molar-refractivity contribution is 0.0102. The summed E-state index contributed by atoms with van der Waals surface area (Å²) in [5.41, 5.74) is -0.930. The summed E-state index contributed by atoms with van der Waals surface area (Å²) in [5, 5.41) is 19.1. The Morgan fingerprint density at radius 1 is 1.52 bits per heavy atom. The quantitative estimate of drug-likeness (QED) is 0.837. The minimum Gasteiger partial charge on any atom is -0.389 e. The van der Waals surface area contributed by atoms with Crippen LogP contribution in [0.25, 0.3) is 0 Å². The predicted molar refractivity (Wildman–Crippen MR) is 81.4 cm³/mol. The molecular weight excluding hydrogens is 312 g/mol. The van der Waals surface area contributed by atoms with Crippen molar-refractivity contribution in [2.45, 2.75) is 37.7 Å². The van der Waals surface area contributed by atoms with Crippen molar-refractivity contribution >= 4 is 21.6 Å². The van der Waals surface area contributed by atoms with E-state index < -0.39 is 15.6 Å². The van der Waals surface area contributed by atoms with Crippen molar-refractivity contribution in [3.05, 3.63) is 28.8 Å². The van der Waals surface area contributed by atoms with Gasteiger partial charge in [-0.25, -0.2) is 13.1 Å². The van der Waals surface area contributed by atoms with E-state index in [1.54, 1.807) is 6.92 Å². The minimum absolute atomic E-state index is 0.0357. The lowest BCUT2D eigenvalue weighted by atomic mass is 9.89. The minimum atomic E-state index is -3.79. The topological polar surface area (TPSA) is 90.2 Å². The van der Waals surface area contributed by atoms with Gasteiger partial charge in [0.1, 0.15) is 6.07 Å². The Hall–Kier alpha value is -1.13. The van der Waals surface area contributed by atoms with Crippen LogP contribution in [-0.2, 0) is 10.0 Å². The maximum absolute atomic E-state index is 12.2. The molecule has 0 saturated carbocycles. The summed E-state index contributed by atoms with van der Waals surface area (Å²) in [6.07, 6.45) is 0.734. The number of nitrogens with one attached hydrogen (secondary N) is 1. The fraction of sp³-hybridized carbons (Fsp3) is 0.500. The predicted octanol–water partition coefficient (Wildman–Crippen LogP) is 2.29. The number of rotatable bonds is 6. The fourth-order valence-electron chi connectivity index (χ4n) is 1.69. The average molecular weight is 331 g/mol. The molecule has 0 heterocycles. The zero-order valence-electron chi connectivity index (χ0n) is 12.2. The number of nitriles is 1. The van der Waals surface area contributed by atoms with E-state index in [1.165, 1.54) is 18.2 Å². The van der Waals surface area contributed by atoms with Gasteiger partial charge in [-0.15, -0.1) is 0 Å². The van der Waals surface area contributed by atoms with Gasteiger partial charge in [0.15, 0.2) is 0 Å². The number of sulfonamides is 1. The molecule has 21 heavy (non-hydrogen) atoms. The third-order valence-electron chi connectivity index (χ3n) is 3.67. The van der Waals surface area contributed by atoms with Crippen LogP contribution in [0, 0.1) is 17.2 Å². The van der Waals surface area contributed by atoms with Crippen molar-refractivity contribution in [1.29, 1.82) is 5.26 Å². The molecule has 7 heteroatoms. The Kier molecular flexibility index (Phi) is 5.76. The van der Waals surface area contributed by atoms with Gasteiger partial charge in [-0.3, -0.25) is 0 Å². The highest BCUT2D eigenvalue weighted by atomic mass is 35.5. The van der Waals surface area contributed by atoms with E-state index in [1.807, 2.05) is 19.9 Å². The van der Waals surface area contributed by atoms with Crippen LogP contribution in [0.5, 0.6) is 0 Å². The number of hydrogen-bond acceptors (Lipinski definition) is 4. The van der Waals surface area contributed by atoms with Crippen LogP contribution < -0.4 is 4.72 Å². The van der Waals surface area contributed by atoms with E-state index in [-0.39, 0.29) is 27.9 Å². The van der Waals surface area contributed by atoms with Gasteiger partial charge in [-0.05, 0) is 31.0 Å². The zero-order chi connectivity index (χ0) is 16.3. The van der Waals surface area contributed by atoms with Gasteiger partial charge in [0, 0.05) is 6.54 Å². The summed E-state index contributed by atoms with van der Waals surface area (Å²) >= 11 is 5.83. The molecular formula is C14H19ClN2O3S. The number of halogens is 1. The second kappa shape index (κ2) is 6.75. The summed E-state index contributed by atoms with van der Waals surface area (Å²) in [6, 6.07) is 5.75. The molecule has 0 bridgehead atoms. The smallest absolute Gasteiger partial charge is 0.240 e. The zero-order valence-corrected chi connectivity index (χ0v) is 13.8. The first-order chi connectivity index (χ1) is 9.64. The first-order valence-corrected chi connectivity index (χ1v) is 8.42. The van der Waals surface area contributed by atoms with Crippen LogP contribution in [-0.4, -0.2) is 25.7 Å². The standard InChI is InChI=1S/C14H19ClN2O3S/c1-4-10(2)14(3,18)9-17-21(19,20)12-6-5-11(8-16)13(15)7-12/h5-7,10,17-18H,4,9H2,1-3H3. The normalized spacial score (nSPS) is 16.0. The Bertz CT molecular complexity index is 651. The van der Waals surface area contributed by atoms with Crippen LogP contribution in [0.15, 0.2) is 23.1 Å². The molecule has 1 rings (SSSR count). The van der Waals surface area contributed by atoms with Gasteiger partial charge in [0.05, 0.1) is 21.1 Å². The van der Waals surface area contributed by atoms with Crippen molar-refractivity contribution in [3.8, 4) is 6.07 Å². The largest absolute Gasteiger partial charge is 0.389 e. The van der Waals surface area contributed by atoms with E-state index in [0.29, 0.717) is 0 Å². The van der Waals surface area contributed by atoms with Crippen LogP contribution in [0.4, 0.5) is 0 Å². The third kappa shape index (κ3) is 4.42. The SMILES string of the molecule is CCC(C)C(C)(O)CNS(=O)(=O)c1ccc(C#N)c(Cl)c1. The first kappa shape index (κ1) is 17.9. The maximum Gasteiger partial charge on any atom is 0.240 e. The van der Waals surface area contributed by atoms with Crippen LogP contribution in [0.1, 0.15) is 32.8 Å². The first-order valence-electron chi connectivity index (χ1n) is 6.55. The molecule has 2 unspecified atom stereocenters. The van der Waals surface area contributed by atoms with Gasteiger partial charge >= 0.3 is 0 Å². The summed E-state index contributed by atoms with van der Waals surface area (Å²) in [7, 11) is -3.79. The van der Waals surface area contributed by atoms with Crippen LogP contribution in [0.2, 0.25) is 5.02 Å². The second-order valence-electron chi connectivity index (χ2n) is 5.24. The van der Waals surface area contributed by atoms with E-state index >= 15 is 0 Å². The summed E-state index contributed by atoms with van der Waals surface area (Å²) in [6.45, 7) is 5.28. The monoisotopic (exact) mass is 330 g/mol. The van der Waals surface area contributed by atoms with Crippen molar-refractivity contribution in [1.82, 2.24) is 4.72 Å². The van der Waals surface area contributed by atoms with E-state index in [0.717, 1.165) is 6.42 Å². The number of aliphatic hydroxyl groups is 1. The highest BCUT2D eigenvalue weighted by Gasteiger charge is 2.29. The molecule has 0 aliphatic rings. The van der Waals surface area contributed by atoms with Gasteiger partial charge in [-0.1, -0.05) is 31.9 Å². The number of benzene rings is 1. The van der Waals surface area contributed by atoms with Crippen molar-refractivity contribution in [2.75, 3.05) is 6.54 Å². The highest BCUT2D eigenvalue weighted by molar-refractivity contribution is 7.89.